The van der Waals surface area contributed by atoms with Gasteiger partial charge < -0.3 is 19.6 Å². The second-order valence-electron chi connectivity index (χ2n) is 9.06. The van der Waals surface area contributed by atoms with E-state index in [0.29, 0.717) is 19.5 Å². The van der Waals surface area contributed by atoms with Crippen LogP contribution in [0.3, 0.4) is 0 Å². The molecule has 7 nitrogen and oxygen atoms in total. The third-order valence-corrected chi connectivity index (χ3v) is 6.67. The van der Waals surface area contributed by atoms with Crippen molar-refractivity contribution in [3.05, 3.63) is 77.5 Å². The molecule has 2 aromatic carbocycles. The van der Waals surface area contributed by atoms with E-state index in [4.69, 9.17) is 4.52 Å². The fourth-order valence-corrected chi connectivity index (χ4v) is 4.51. The molecule has 0 saturated carbocycles. The molecule has 0 radical (unpaired) electrons. The number of rotatable bonds is 8. The fraction of sp³-hybridized carbons (Fsp3) is 0.370. The molecule has 3 aromatic rings. The lowest BCUT2D eigenvalue weighted by atomic mass is 9.90. The molecule has 1 aliphatic heterocycles. The number of carbonyl (C=O) groups excluding carboxylic acids is 2. The third kappa shape index (κ3) is 5.96. The zero-order chi connectivity index (χ0) is 25.7. The molecule has 1 saturated heterocycles. The van der Waals surface area contributed by atoms with E-state index in [-0.39, 0.29) is 29.0 Å². The molecule has 1 aliphatic rings. The van der Waals surface area contributed by atoms with Crippen LogP contribution in [-0.4, -0.2) is 66.0 Å². The molecule has 0 aliphatic carbocycles. The summed E-state index contributed by atoms with van der Waals surface area (Å²) in [6.45, 7) is 4.73. The van der Waals surface area contributed by atoms with Gasteiger partial charge in [0.15, 0.2) is 11.5 Å². The van der Waals surface area contributed by atoms with Gasteiger partial charge in [0, 0.05) is 44.9 Å². The summed E-state index contributed by atoms with van der Waals surface area (Å²) < 4.78 is 32.5. The Morgan fingerprint density at radius 2 is 1.94 bits per heavy atom. The number of amides is 2. The average Bonchev–Trinajstić information content (AvgIpc) is 3.38. The topological polar surface area (TPSA) is 78.7 Å². The summed E-state index contributed by atoms with van der Waals surface area (Å²) in [4.78, 5) is 30.3. The first-order chi connectivity index (χ1) is 17.4. The van der Waals surface area contributed by atoms with Crippen molar-refractivity contribution < 1.29 is 22.9 Å². The average molecular weight is 497 g/mol. The molecule has 9 heteroatoms. The van der Waals surface area contributed by atoms with Crippen LogP contribution >= 0.6 is 0 Å². The Balaban J connectivity index is 1.44. The van der Waals surface area contributed by atoms with Crippen LogP contribution in [0.5, 0.6) is 0 Å². The Hall–Kier alpha value is -3.59. The van der Waals surface area contributed by atoms with Crippen molar-refractivity contribution in [2.24, 2.45) is 5.92 Å². The van der Waals surface area contributed by atoms with Crippen LogP contribution in [0.4, 0.5) is 8.78 Å². The summed E-state index contributed by atoms with van der Waals surface area (Å²) in [7, 11) is 1.79. The quantitative estimate of drug-likeness (QED) is 0.514. The fourth-order valence-electron chi connectivity index (χ4n) is 4.51. The molecular formula is C27H30F2N4O3. The number of aromatic nitrogens is 1. The largest absolute Gasteiger partial charge is 0.355 e. The highest BCUT2D eigenvalue weighted by molar-refractivity contribution is 5.94. The predicted octanol–water partition coefficient (Wildman–Crippen LogP) is 3.76. The van der Waals surface area contributed by atoms with E-state index in [0.717, 1.165) is 37.2 Å². The van der Waals surface area contributed by atoms with E-state index in [1.165, 1.54) is 12.1 Å². The highest BCUT2D eigenvalue weighted by Gasteiger charge is 2.36. The molecule has 0 unspecified atom stereocenters. The summed E-state index contributed by atoms with van der Waals surface area (Å²) in [5.41, 5.74) is 1.13. The van der Waals surface area contributed by atoms with E-state index in [1.807, 2.05) is 37.3 Å². The molecular weight excluding hydrogens is 466 g/mol. The van der Waals surface area contributed by atoms with Crippen LogP contribution < -0.4 is 5.32 Å². The number of hydrogen-bond acceptors (Lipinski definition) is 5. The molecule has 36 heavy (non-hydrogen) atoms. The molecule has 1 aromatic heterocycles. The Bertz CT molecular complexity index is 1200. The number of benzene rings is 2. The minimum Gasteiger partial charge on any atom is -0.355 e. The van der Waals surface area contributed by atoms with E-state index < -0.39 is 23.5 Å². The minimum atomic E-state index is -0.811. The number of likely N-dealkylation sites (tertiary alicyclic amines) is 1. The number of hydrogen-bond donors (Lipinski definition) is 1. The van der Waals surface area contributed by atoms with Gasteiger partial charge in [0.05, 0.1) is 11.5 Å². The van der Waals surface area contributed by atoms with Crippen molar-refractivity contribution in [1.29, 1.82) is 0 Å². The van der Waals surface area contributed by atoms with Crippen molar-refractivity contribution >= 4 is 11.8 Å². The molecule has 2 atom stereocenters. The first-order valence-electron chi connectivity index (χ1n) is 12.1. The lowest BCUT2D eigenvalue weighted by Crippen LogP contribution is -2.56. The van der Waals surface area contributed by atoms with Gasteiger partial charge in [0.1, 0.15) is 11.6 Å². The molecule has 2 amide bonds. The Labute approximate surface area is 209 Å². The summed E-state index contributed by atoms with van der Waals surface area (Å²) in [5, 5.41) is 6.71. The molecule has 0 bridgehead atoms. The van der Waals surface area contributed by atoms with E-state index in [1.54, 1.807) is 11.9 Å². The van der Waals surface area contributed by atoms with Gasteiger partial charge in [0.2, 0.25) is 5.91 Å². The van der Waals surface area contributed by atoms with Crippen LogP contribution in [0.25, 0.3) is 11.3 Å². The Kier molecular flexibility index (Phi) is 8.10. The van der Waals surface area contributed by atoms with Crippen molar-refractivity contribution in [2.75, 3.05) is 33.2 Å². The minimum absolute atomic E-state index is 0.00676. The zero-order valence-corrected chi connectivity index (χ0v) is 20.4. The second-order valence-corrected chi connectivity index (χ2v) is 9.06. The molecule has 1 N–H and O–H groups in total. The van der Waals surface area contributed by atoms with E-state index in [2.05, 4.69) is 15.4 Å². The first kappa shape index (κ1) is 25.5. The number of carbonyl (C=O) groups is 2. The maximum Gasteiger partial charge on any atom is 0.273 e. The SMILES string of the molecule is CCN1CC[C@@H](NC(=O)c2cc(-c3ccc(F)cc3F)on2)[C@H](C(=O)N(C)CCc2ccccc2)C1. The van der Waals surface area contributed by atoms with Crippen molar-refractivity contribution in [3.8, 4) is 11.3 Å². The molecule has 4 rings (SSSR count). The maximum absolute atomic E-state index is 14.1. The van der Waals surface area contributed by atoms with Crippen molar-refractivity contribution in [2.45, 2.75) is 25.8 Å². The summed E-state index contributed by atoms with van der Waals surface area (Å²) in [6.07, 6.45) is 1.35. The highest BCUT2D eigenvalue weighted by Crippen LogP contribution is 2.25. The van der Waals surface area contributed by atoms with E-state index in [9.17, 15) is 18.4 Å². The smallest absolute Gasteiger partial charge is 0.273 e. The normalized spacial score (nSPS) is 18.1. The van der Waals surface area contributed by atoms with Gasteiger partial charge in [-0.2, -0.15) is 0 Å². The van der Waals surface area contributed by atoms with Crippen molar-refractivity contribution in [1.82, 2.24) is 20.3 Å². The standard InChI is InChI=1S/C27H30F2N4O3/c1-3-33-14-12-23(21(17-33)27(35)32(2)13-11-18-7-5-4-6-8-18)30-26(34)24-16-25(36-31-24)20-10-9-19(28)15-22(20)29/h4-10,15-16,21,23H,3,11-14,17H2,1-2H3,(H,30,34)/t21-,23-/m1/s1. The predicted molar refractivity (Wildman–Crippen MR) is 131 cm³/mol. The molecule has 2 heterocycles. The maximum atomic E-state index is 14.1. The van der Waals surface area contributed by atoms with Gasteiger partial charge in [-0.25, -0.2) is 8.78 Å². The summed E-state index contributed by atoms with van der Waals surface area (Å²) in [6, 6.07) is 14.0. The molecule has 190 valence electrons. The molecule has 0 spiro atoms. The highest BCUT2D eigenvalue weighted by atomic mass is 19.1. The van der Waals surface area contributed by atoms with Crippen LogP contribution in [0.2, 0.25) is 0 Å². The second kappa shape index (κ2) is 11.4. The number of nitrogens with zero attached hydrogens (tertiary/aromatic N) is 3. The van der Waals surface area contributed by atoms with Gasteiger partial charge >= 0.3 is 0 Å². The van der Waals surface area contributed by atoms with Gasteiger partial charge in [-0.15, -0.1) is 0 Å². The Morgan fingerprint density at radius 3 is 2.67 bits per heavy atom. The Morgan fingerprint density at radius 1 is 1.17 bits per heavy atom. The third-order valence-electron chi connectivity index (χ3n) is 6.67. The molecule has 1 fully saturated rings. The van der Waals surface area contributed by atoms with E-state index >= 15 is 0 Å². The van der Waals surface area contributed by atoms with Crippen LogP contribution in [-0.2, 0) is 11.2 Å². The van der Waals surface area contributed by atoms with Crippen LogP contribution in [0.15, 0.2) is 59.1 Å². The van der Waals surface area contributed by atoms with Crippen LogP contribution in [0.1, 0.15) is 29.4 Å². The lowest BCUT2D eigenvalue weighted by Gasteiger charge is -2.39. The lowest BCUT2D eigenvalue weighted by molar-refractivity contribution is -0.136. The number of piperidine rings is 1. The summed E-state index contributed by atoms with van der Waals surface area (Å²) in [5.74, 6) is -2.45. The van der Waals surface area contributed by atoms with Crippen molar-refractivity contribution in [3.63, 3.8) is 0 Å². The van der Waals surface area contributed by atoms with Crippen LogP contribution in [0, 0.1) is 17.6 Å². The number of nitrogens with one attached hydrogen (secondary N) is 1. The monoisotopic (exact) mass is 496 g/mol. The van der Waals surface area contributed by atoms with Gasteiger partial charge in [-0.1, -0.05) is 42.4 Å². The number of halogens is 2. The zero-order valence-electron chi connectivity index (χ0n) is 20.4. The van der Waals surface area contributed by atoms with Gasteiger partial charge in [0.25, 0.3) is 5.91 Å². The number of likely N-dealkylation sites (N-methyl/N-ethyl adjacent to an activating group) is 1. The van der Waals surface area contributed by atoms with Gasteiger partial charge in [-0.05, 0) is 37.1 Å². The summed E-state index contributed by atoms with van der Waals surface area (Å²) >= 11 is 0. The first-order valence-corrected chi connectivity index (χ1v) is 12.1. The van der Waals surface area contributed by atoms with Gasteiger partial charge in [-0.3, -0.25) is 9.59 Å².